The minimum absolute atomic E-state index is 0.186. The zero-order chi connectivity index (χ0) is 15.7. The minimum Gasteiger partial charge on any atom is -0.480 e. The number of nitrogens with one attached hydrogen (secondary N) is 2. The maximum absolute atomic E-state index is 11.7. The van der Waals surface area contributed by atoms with Gasteiger partial charge in [-0.3, -0.25) is 9.59 Å². The SMILES string of the molecule is CCCC(NC(=O)CNC(=O)Cc1ccccc1)C(=O)O. The van der Waals surface area contributed by atoms with Gasteiger partial charge in [0.25, 0.3) is 0 Å². The van der Waals surface area contributed by atoms with Crippen LogP contribution in [0.1, 0.15) is 25.3 Å². The fourth-order valence-corrected chi connectivity index (χ4v) is 1.81. The van der Waals surface area contributed by atoms with Gasteiger partial charge in [-0.15, -0.1) is 0 Å². The van der Waals surface area contributed by atoms with Crippen LogP contribution in [0.4, 0.5) is 0 Å². The van der Waals surface area contributed by atoms with E-state index in [-0.39, 0.29) is 18.9 Å². The highest BCUT2D eigenvalue weighted by Crippen LogP contribution is 1.99. The molecule has 0 aliphatic heterocycles. The zero-order valence-corrected chi connectivity index (χ0v) is 12.0. The summed E-state index contributed by atoms with van der Waals surface area (Å²) in [4.78, 5) is 34.2. The molecule has 0 saturated heterocycles. The van der Waals surface area contributed by atoms with E-state index in [9.17, 15) is 14.4 Å². The van der Waals surface area contributed by atoms with E-state index in [1.54, 1.807) is 0 Å². The third kappa shape index (κ3) is 6.56. The molecular weight excluding hydrogens is 272 g/mol. The molecule has 3 N–H and O–H groups in total. The van der Waals surface area contributed by atoms with Crippen LogP contribution in [-0.2, 0) is 20.8 Å². The van der Waals surface area contributed by atoms with Gasteiger partial charge < -0.3 is 15.7 Å². The molecule has 0 saturated carbocycles. The summed E-state index contributed by atoms with van der Waals surface area (Å²) in [5, 5.41) is 13.8. The molecule has 2 amide bonds. The van der Waals surface area contributed by atoms with Crippen LogP contribution in [0, 0.1) is 0 Å². The molecule has 0 radical (unpaired) electrons. The Morgan fingerprint density at radius 1 is 1.14 bits per heavy atom. The number of hydrogen-bond donors (Lipinski definition) is 3. The number of carbonyl (C=O) groups is 3. The molecule has 114 valence electrons. The van der Waals surface area contributed by atoms with Crippen LogP contribution in [0.2, 0.25) is 0 Å². The predicted octanol–water partition coefficient (Wildman–Crippen LogP) is 0.715. The first-order valence-corrected chi connectivity index (χ1v) is 6.85. The first-order chi connectivity index (χ1) is 10.0. The van der Waals surface area contributed by atoms with Gasteiger partial charge in [-0.25, -0.2) is 4.79 Å². The number of benzene rings is 1. The summed E-state index contributed by atoms with van der Waals surface area (Å²) >= 11 is 0. The van der Waals surface area contributed by atoms with Crippen molar-refractivity contribution in [2.24, 2.45) is 0 Å². The van der Waals surface area contributed by atoms with Crippen molar-refractivity contribution in [3.05, 3.63) is 35.9 Å². The van der Waals surface area contributed by atoms with Gasteiger partial charge in [0.05, 0.1) is 13.0 Å². The highest BCUT2D eigenvalue weighted by atomic mass is 16.4. The number of carboxylic acid groups (broad SMARTS) is 1. The van der Waals surface area contributed by atoms with E-state index in [1.807, 2.05) is 37.3 Å². The molecule has 6 heteroatoms. The third-order valence-electron chi connectivity index (χ3n) is 2.86. The molecule has 6 nitrogen and oxygen atoms in total. The number of amides is 2. The van der Waals surface area contributed by atoms with Gasteiger partial charge in [0, 0.05) is 0 Å². The second kappa shape index (κ2) is 8.73. The van der Waals surface area contributed by atoms with Crippen molar-refractivity contribution in [3.8, 4) is 0 Å². The average molecular weight is 292 g/mol. The van der Waals surface area contributed by atoms with Gasteiger partial charge in [0.15, 0.2) is 0 Å². The summed E-state index contributed by atoms with van der Waals surface area (Å²) in [6, 6.07) is 8.25. The number of aliphatic carboxylic acids is 1. The van der Waals surface area contributed by atoms with Crippen LogP contribution in [0.25, 0.3) is 0 Å². The van der Waals surface area contributed by atoms with Crippen LogP contribution < -0.4 is 10.6 Å². The lowest BCUT2D eigenvalue weighted by Crippen LogP contribution is -2.45. The monoisotopic (exact) mass is 292 g/mol. The van der Waals surface area contributed by atoms with Gasteiger partial charge in [0.2, 0.25) is 11.8 Å². The Balaban J connectivity index is 2.35. The molecule has 0 spiro atoms. The summed E-state index contributed by atoms with van der Waals surface area (Å²) in [5.41, 5.74) is 0.852. The second-order valence-electron chi connectivity index (χ2n) is 4.69. The molecule has 0 heterocycles. The van der Waals surface area contributed by atoms with Crippen LogP contribution >= 0.6 is 0 Å². The molecule has 1 rings (SSSR count). The molecule has 1 aromatic rings. The standard InChI is InChI=1S/C15H20N2O4/c1-2-6-12(15(20)21)17-14(19)10-16-13(18)9-11-7-4-3-5-8-11/h3-5,7-8,12H,2,6,9-10H2,1H3,(H,16,18)(H,17,19)(H,20,21). The Kier molecular flexibility index (Phi) is 6.94. The van der Waals surface area contributed by atoms with Crippen molar-refractivity contribution in [3.63, 3.8) is 0 Å². The molecule has 0 aliphatic rings. The van der Waals surface area contributed by atoms with Crippen LogP contribution in [0.5, 0.6) is 0 Å². The molecule has 0 aromatic heterocycles. The average Bonchev–Trinajstić information content (AvgIpc) is 2.45. The maximum atomic E-state index is 11.7. The number of carbonyl (C=O) groups excluding carboxylic acids is 2. The molecular formula is C15H20N2O4. The molecule has 1 aromatic carbocycles. The fraction of sp³-hybridized carbons (Fsp3) is 0.400. The summed E-state index contributed by atoms with van der Waals surface area (Å²) in [7, 11) is 0. The largest absolute Gasteiger partial charge is 0.480 e. The van der Waals surface area contributed by atoms with E-state index in [2.05, 4.69) is 10.6 Å². The molecule has 1 atom stereocenters. The van der Waals surface area contributed by atoms with Crippen LogP contribution in [0.3, 0.4) is 0 Å². The van der Waals surface area contributed by atoms with Gasteiger partial charge in [0.1, 0.15) is 6.04 Å². The molecule has 21 heavy (non-hydrogen) atoms. The van der Waals surface area contributed by atoms with E-state index in [0.29, 0.717) is 12.8 Å². The first kappa shape index (κ1) is 16.7. The van der Waals surface area contributed by atoms with Crippen molar-refractivity contribution in [1.29, 1.82) is 0 Å². The van der Waals surface area contributed by atoms with Crippen molar-refractivity contribution in [2.75, 3.05) is 6.54 Å². The van der Waals surface area contributed by atoms with Crippen molar-refractivity contribution < 1.29 is 19.5 Å². The number of rotatable bonds is 8. The van der Waals surface area contributed by atoms with Crippen molar-refractivity contribution in [1.82, 2.24) is 10.6 Å². The normalized spacial score (nSPS) is 11.5. The maximum Gasteiger partial charge on any atom is 0.326 e. The summed E-state index contributed by atoms with van der Waals surface area (Å²) in [6.45, 7) is 1.61. The Bertz CT molecular complexity index is 488. The van der Waals surface area contributed by atoms with E-state index < -0.39 is 17.9 Å². The molecule has 0 aliphatic carbocycles. The molecule has 0 fully saturated rings. The second-order valence-corrected chi connectivity index (χ2v) is 4.69. The lowest BCUT2D eigenvalue weighted by Gasteiger charge is -2.13. The highest BCUT2D eigenvalue weighted by Gasteiger charge is 2.18. The van der Waals surface area contributed by atoms with Crippen LogP contribution in [0.15, 0.2) is 30.3 Å². The fourth-order valence-electron chi connectivity index (χ4n) is 1.81. The van der Waals surface area contributed by atoms with E-state index in [4.69, 9.17) is 5.11 Å². The Hall–Kier alpha value is -2.37. The third-order valence-corrected chi connectivity index (χ3v) is 2.86. The highest BCUT2D eigenvalue weighted by molar-refractivity contribution is 5.88. The smallest absolute Gasteiger partial charge is 0.326 e. The molecule has 1 unspecified atom stereocenters. The lowest BCUT2D eigenvalue weighted by molar-refractivity contribution is -0.141. The summed E-state index contributed by atoms with van der Waals surface area (Å²) < 4.78 is 0. The predicted molar refractivity (Wildman–Crippen MR) is 77.6 cm³/mol. The Morgan fingerprint density at radius 3 is 2.38 bits per heavy atom. The first-order valence-electron chi connectivity index (χ1n) is 6.85. The van der Waals surface area contributed by atoms with Gasteiger partial charge in [-0.2, -0.15) is 0 Å². The van der Waals surface area contributed by atoms with E-state index >= 15 is 0 Å². The quantitative estimate of drug-likeness (QED) is 0.657. The summed E-state index contributed by atoms with van der Waals surface area (Å²) in [6.07, 6.45) is 1.20. The molecule has 0 bridgehead atoms. The van der Waals surface area contributed by atoms with Crippen molar-refractivity contribution in [2.45, 2.75) is 32.2 Å². The topological polar surface area (TPSA) is 95.5 Å². The zero-order valence-electron chi connectivity index (χ0n) is 12.0. The van der Waals surface area contributed by atoms with Crippen molar-refractivity contribution >= 4 is 17.8 Å². The van der Waals surface area contributed by atoms with Crippen LogP contribution in [-0.4, -0.2) is 35.5 Å². The summed E-state index contributed by atoms with van der Waals surface area (Å²) in [5.74, 6) is -1.85. The lowest BCUT2D eigenvalue weighted by atomic mass is 10.1. The van der Waals surface area contributed by atoms with Gasteiger partial charge >= 0.3 is 5.97 Å². The van der Waals surface area contributed by atoms with E-state index in [0.717, 1.165) is 5.56 Å². The van der Waals surface area contributed by atoms with E-state index in [1.165, 1.54) is 0 Å². The van der Waals surface area contributed by atoms with Gasteiger partial charge in [-0.1, -0.05) is 43.7 Å². The Labute approximate surface area is 123 Å². The van der Waals surface area contributed by atoms with Gasteiger partial charge in [-0.05, 0) is 12.0 Å². The minimum atomic E-state index is -1.07. The number of carboxylic acids is 1. The Morgan fingerprint density at radius 2 is 1.81 bits per heavy atom. The number of hydrogen-bond acceptors (Lipinski definition) is 3.